The van der Waals surface area contributed by atoms with Gasteiger partial charge in [-0.25, -0.2) is 4.79 Å². The molecule has 3 amide bonds. The van der Waals surface area contributed by atoms with Gasteiger partial charge in [0.05, 0.1) is 0 Å². The maximum absolute atomic E-state index is 14.2. The number of ether oxygens (including phenoxy) is 1. The number of anilines is 1. The molecule has 0 aromatic heterocycles. The lowest BCUT2D eigenvalue weighted by atomic mass is 9.95. The summed E-state index contributed by atoms with van der Waals surface area (Å²) in [6, 6.07) is 15.1. The Hall–Kier alpha value is -3.35. The normalized spacial score (nSPS) is 13.7. The van der Waals surface area contributed by atoms with Crippen LogP contribution in [0.3, 0.4) is 0 Å². The third-order valence-electron chi connectivity index (χ3n) is 6.27. The number of benzene rings is 2. The van der Waals surface area contributed by atoms with Crippen LogP contribution in [0.15, 0.2) is 54.6 Å². The maximum atomic E-state index is 14.2. The Bertz CT molecular complexity index is 1030. The second-order valence-electron chi connectivity index (χ2n) is 10.5. The molecule has 0 saturated carbocycles. The summed E-state index contributed by atoms with van der Waals surface area (Å²) in [7, 11) is 0. The molecule has 7 heteroatoms. The fourth-order valence-electron chi connectivity index (χ4n) is 4.01. The van der Waals surface area contributed by atoms with Crippen LogP contribution in [0.1, 0.15) is 78.0 Å². The number of hydrogen-bond acceptors (Lipinski definition) is 4. The first kappa shape index (κ1) is 29.9. The van der Waals surface area contributed by atoms with Crippen LogP contribution in [0.5, 0.6) is 0 Å². The topological polar surface area (TPSA) is 87.7 Å². The maximum Gasteiger partial charge on any atom is 0.408 e. The predicted octanol–water partition coefficient (Wildman–Crippen LogP) is 6.24. The lowest BCUT2D eigenvalue weighted by Gasteiger charge is -2.36. The number of carbonyl (C=O) groups is 3. The third-order valence-corrected chi connectivity index (χ3v) is 6.27. The molecule has 0 fully saturated rings. The van der Waals surface area contributed by atoms with E-state index in [1.807, 2.05) is 82.3 Å². The molecule has 2 aromatic carbocycles. The number of nitrogens with zero attached hydrogens (tertiary/aromatic N) is 1. The summed E-state index contributed by atoms with van der Waals surface area (Å²) in [5, 5.41) is 5.83. The Morgan fingerprint density at radius 3 is 2.16 bits per heavy atom. The Labute approximate surface area is 222 Å². The van der Waals surface area contributed by atoms with Crippen molar-refractivity contribution in [1.29, 1.82) is 0 Å². The van der Waals surface area contributed by atoms with Gasteiger partial charge in [0.1, 0.15) is 17.7 Å². The molecular weight excluding hydrogens is 466 g/mol. The molecule has 7 nitrogen and oxygen atoms in total. The average Bonchev–Trinajstić information content (AvgIpc) is 2.85. The molecule has 0 aliphatic heterocycles. The number of carbonyl (C=O) groups excluding carboxylic acids is 3. The highest BCUT2D eigenvalue weighted by Crippen LogP contribution is 2.27. The summed E-state index contributed by atoms with van der Waals surface area (Å²) in [5.74, 6) is -0.771. The van der Waals surface area contributed by atoms with Crippen LogP contribution in [-0.4, -0.2) is 41.0 Å². The standard InChI is InChI=1S/C30H43N3O4/c1-8-10-20-33(28(35)25(21(3)9-2)32-29(36)37-30(5,6)7)26(23-17-12-11-13-18-23)27(34)31-24-19-15-14-16-22(24)4/h11-19,21,25-26H,8-10,20H2,1-7H3,(H,31,34)(H,32,36). The highest BCUT2D eigenvalue weighted by atomic mass is 16.6. The van der Waals surface area contributed by atoms with Crippen molar-refractivity contribution in [2.75, 3.05) is 11.9 Å². The number of para-hydroxylation sites is 1. The Morgan fingerprint density at radius 1 is 0.973 bits per heavy atom. The van der Waals surface area contributed by atoms with Gasteiger partial charge < -0.3 is 20.3 Å². The predicted molar refractivity (Wildman–Crippen MR) is 148 cm³/mol. The molecule has 0 radical (unpaired) electrons. The van der Waals surface area contributed by atoms with Gasteiger partial charge in [0.2, 0.25) is 5.91 Å². The number of rotatable bonds is 11. The molecule has 202 valence electrons. The molecular formula is C30H43N3O4. The molecule has 2 N–H and O–H groups in total. The minimum absolute atomic E-state index is 0.167. The van der Waals surface area contributed by atoms with Gasteiger partial charge in [0.15, 0.2) is 0 Å². The van der Waals surface area contributed by atoms with Crippen LogP contribution in [0.25, 0.3) is 0 Å². The molecule has 0 aliphatic rings. The Balaban J connectivity index is 2.50. The Morgan fingerprint density at radius 2 is 1.59 bits per heavy atom. The van der Waals surface area contributed by atoms with E-state index in [9.17, 15) is 14.4 Å². The van der Waals surface area contributed by atoms with Crippen molar-refractivity contribution in [2.45, 2.75) is 85.4 Å². The second kappa shape index (κ2) is 13.8. The van der Waals surface area contributed by atoms with Gasteiger partial charge in [-0.3, -0.25) is 9.59 Å². The van der Waals surface area contributed by atoms with E-state index in [4.69, 9.17) is 4.74 Å². The van der Waals surface area contributed by atoms with E-state index in [-0.39, 0.29) is 17.7 Å². The monoisotopic (exact) mass is 509 g/mol. The number of aryl methyl sites for hydroxylation is 1. The summed E-state index contributed by atoms with van der Waals surface area (Å²) < 4.78 is 5.46. The zero-order valence-electron chi connectivity index (χ0n) is 23.3. The number of alkyl carbamates (subject to hydrolysis) is 1. The highest BCUT2D eigenvalue weighted by molar-refractivity contribution is 5.99. The first-order chi connectivity index (χ1) is 17.5. The minimum atomic E-state index is -0.869. The molecule has 0 bridgehead atoms. The second-order valence-corrected chi connectivity index (χ2v) is 10.5. The van der Waals surface area contributed by atoms with E-state index >= 15 is 0 Å². The molecule has 2 aromatic rings. The zero-order valence-corrected chi connectivity index (χ0v) is 23.3. The van der Waals surface area contributed by atoms with Gasteiger partial charge in [-0.15, -0.1) is 0 Å². The molecule has 0 heterocycles. The van der Waals surface area contributed by atoms with Crippen molar-refractivity contribution < 1.29 is 19.1 Å². The summed E-state index contributed by atoms with van der Waals surface area (Å²) in [6.45, 7) is 13.6. The molecule has 2 rings (SSSR count). The van der Waals surface area contributed by atoms with Gasteiger partial charge in [-0.05, 0) is 57.2 Å². The van der Waals surface area contributed by atoms with Crippen LogP contribution in [0, 0.1) is 12.8 Å². The number of amides is 3. The third kappa shape index (κ3) is 8.92. The van der Waals surface area contributed by atoms with Gasteiger partial charge in [-0.1, -0.05) is 82.1 Å². The largest absolute Gasteiger partial charge is 0.444 e. The molecule has 0 saturated heterocycles. The quantitative estimate of drug-likeness (QED) is 0.375. The lowest BCUT2D eigenvalue weighted by Crippen LogP contribution is -2.55. The van der Waals surface area contributed by atoms with Crippen LogP contribution in [-0.2, 0) is 14.3 Å². The summed E-state index contributed by atoms with van der Waals surface area (Å²) >= 11 is 0. The summed E-state index contributed by atoms with van der Waals surface area (Å²) in [6.07, 6.45) is 1.58. The van der Waals surface area contributed by atoms with E-state index < -0.39 is 23.8 Å². The van der Waals surface area contributed by atoms with Crippen molar-refractivity contribution >= 4 is 23.6 Å². The van der Waals surface area contributed by atoms with E-state index in [1.165, 1.54) is 0 Å². The molecule has 0 spiro atoms. The molecule has 3 unspecified atom stereocenters. The van der Waals surface area contributed by atoms with Gasteiger partial charge in [0, 0.05) is 12.2 Å². The van der Waals surface area contributed by atoms with Crippen LogP contribution in [0.4, 0.5) is 10.5 Å². The first-order valence-electron chi connectivity index (χ1n) is 13.2. The van der Waals surface area contributed by atoms with E-state index in [0.29, 0.717) is 30.6 Å². The van der Waals surface area contributed by atoms with Crippen molar-refractivity contribution in [1.82, 2.24) is 10.2 Å². The van der Waals surface area contributed by atoms with Crippen molar-refractivity contribution in [3.63, 3.8) is 0 Å². The van der Waals surface area contributed by atoms with Crippen molar-refractivity contribution in [3.8, 4) is 0 Å². The van der Waals surface area contributed by atoms with E-state index in [1.54, 1.807) is 25.7 Å². The fraction of sp³-hybridized carbons (Fsp3) is 0.500. The van der Waals surface area contributed by atoms with Crippen LogP contribution in [0.2, 0.25) is 0 Å². The van der Waals surface area contributed by atoms with Crippen molar-refractivity contribution in [2.24, 2.45) is 5.92 Å². The lowest BCUT2D eigenvalue weighted by molar-refractivity contribution is -0.142. The number of nitrogens with one attached hydrogen (secondary N) is 2. The average molecular weight is 510 g/mol. The number of unbranched alkanes of at least 4 members (excludes halogenated alkanes) is 1. The Kier molecular flexibility index (Phi) is 11.2. The van der Waals surface area contributed by atoms with Crippen molar-refractivity contribution in [3.05, 3.63) is 65.7 Å². The summed E-state index contributed by atoms with van der Waals surface area (Å²) in [5.41, 5.74) is 1.63. The van der Waals surface area contributed by atoms with Crippen LogP contribution >= 0.6 is 0 Å². The van der Waals surface area contributed by atoms with Crippen LogP contribution < -0.4 is 10.6 Å². The SMILES string of the molecule is CCCCN(C(=O)C(NC(=O)OC(C)(C)C)C(C)CC)C(C(=O)Nc1ccccc1C)c1ccccc1. The van der Waals surface area contributed by atoms with E-state index in [2.05, 4.69) is 10.6 Å². The van der Waals surface area contributed by atoms with Gasteiger partial charge in [-0.2, -0.15) is 0 Å². The smallest absolute Gasteiger partial charge is 0.408 e. The molecule has 0 aliphatic carbocycles. The minimum Gasteiger partial charge on any atom is -0.444 e. The van der Waals surface area contributed by atoms with E-state index in [0.717, 1.165) is 12.0 Å². The molecule has 3 atom stereocenters. The fourth-order valence-corrected chi connectivity index (χ4v) is 4.01. The highest BCUT2D eigenvalue weighted by Gasteiger charge is 2.38. The summed E-state index contributed by atoms with van der Waals surface area (Å²) in [4.78, 5) is 42.3. The number of hydrogen-bond donors (Lipinski definition) is 2. The first-order valence-corrected chi connectivity index (χ1v) is 13.2. The van der Waals surface area contributed by atoms with Gasteiger partial charge in [0.25, 0.3) is 5.91 Å². The zero-order chi connectivity index (χ0) is 27.6. The van der Waals surface area contributed by atoms with Gasteiger partial charge >= 0.3 is 6.09 Å². The molecule has 37 heavy (non-hydrogen) atoms.